The Morgan fingerprint density at radius 2 is 1.79 bits per heavy atom. The number of fused-ring (bicyclic) bond motifs is 5. The topological polar surface area (TPSA) is 37.3 Å². The number of rotatable bonds is 1. The molecule has 0 bridgehead atoms. The van der Waals surface area contributed by atoms with Gasteiger partial charge in [0.1, 0.15) is 0 Å². The number of hydrogen-bond donors (Lipinski definition) is 1. The van der Waals surface area contributed by atoms with Crippen LogP contribution in [-0.2, 0) is 4.79 Å². The van der Waals surface area contributed by atoms with Crippen molar-refractivity contribution in [2.45, 2.75) is 72.1 Å². The molecule has 0 aliphatic heterocycles. The van der Waals surface area contributed by atoms with Gasteiger partial charge in [-0.25, -0.2) is 0 Å². The lowest BCUT2D eigenvalue weighted by Gasteiger charge is -2.58. The van der Waals surface area contributed by atoms with Gasteiger partial charge in [0.05, 0.1) is 6.61 Å². The molecule has 132 valence electrons. The van der Waals surface area contributed by atoms with Crippen LogP contribution in [0.4, 0.5) is 0 Å². The van der Waals surface area contributed by atoms with Crippen molar-refractivity contribution in [1.29, 1.82) is 0 Å². The Kier molecular flexibility index (Phi) is 3.84. The molecule has 0 saturated heterocycles. The Bertz CT molecular complexity index is 628. The molecule has 2 nitrogen and oxygen atoms in total. The zero-order valence-corrected chi connectivity index (χ0v) is 15.5. The van der Waals surface area contributed by atoms with E-state index in [-0.39, 0.29) is 12.0 Å². The number of ketones is 1. The second-order valence-electron chi connectivity index (χ2n) is 9.27. The van der Waals surface area contributed by atoms with E-state index in [9.17, 15) is 9.90 Å². The van der Waals surface area contributed by atoms with Gasteiger partial charge >= 0.3 is 0 Å². The van der Waals surface area contributed by atoms with E-state index in [4.69, 9.17) is 0 Å². The van der Waals surface area contributed by atoms with Gasteiger partial charge in [-0.3, -0.25) is 4.79 Å². The van der Waals surface area contributed by atoms with Crippen molar-refractivity contribution in [3.05, 3.63) is 22.8 Å². The average Bonchev–Trinajstić information content (AvgIpc) is 2.89. The fourth-order valence-electron chi connectivity index (χ4n) is 7.28. The fraction of sp³-hybridized carbons (Fsp3) is 0.773. The second-order valence-corrected chi connectivity index (χ2v) is 9.27. The summed E-state index contributed by atoms with van der Waals surface area (Å²) in [5.74, 6) is 2.75. The van der Waals surface area contributed by atoms with E-state index in [1.165, 1.54) is 43.3 Å². The molecular formula is C22H32O2. The largest absolute Gasteiger partial charge is 0.392 e. The van der Waals surface area contributed by atoms with Gasteiger partial charge in [-0.2, -0.15) is 0 Å². The number of carbonyl (C=O) groups excluding carboxylic acids is 1. The number of carbonyl (C=O) groups is 1. The SMILES string of the molecule is CC1=C2CC[C@@H]3[C@H](CC[C@]4(C)C(=CCO)CC[C@@H]34)[C@@]2(C)CCC1=O. The summed E-state index contributed by atoms with van der Waals surface area (Å²) in [5.41, 5.74) is 4.72. The first-order chi connectivity index (χ1) is 11.4. The van der Waals surface area contributed by atoms with Gasteiger partial charge < -0.3 is 5.11 Å². The van der Waals surface area contributed by atoms with E-state index in [1.807, 2.05) is 0 Å². The van der Waals surface area contributed by atoms with Gasteiger partial charge in [0.15, 0.2) is 5.78 Å². The van der Waals surface area contributed by atoms with E-state index in [2.05, 4.69) is 26.8 Å². The van der Waals surface area contributed by atoms with Crippen LogP contribution in [-0.4, -0.2) is 17.5 Å². The van der Waals surface area contributed by atoms with Crippen LogP contribution >= 0.6 is 0 Å². The second kappa shape index (κ2) is 5.56. The van der Waals surface area contributed by atoms with Crippen LogP contribution in [0.3, 0.4) is 0 Å². The highest BCUT2D eigenvalue weighted by molar-refractivity contribution is 5.96. The molecule has 0 aromatic heterocycles. The molecule has 0 unspecified atom stereocenters. The van der Waals surface area contributed by atoms with Gasteiger partial charge in [-0.05, 0) is 86.0 Å². The highest BCUT2D eigenvalue weighted by atomic mass is 16.2. The van der Waals surface area contributed by atoms with Crippen LogP contribution in [0, 0.1) is 28.6 Å². The van der Waals surface area contributed by atoms with Crippen molar-refractivity contribution in [3.63, 3.8) is 0 Å². The zero-order valence-electron chi connectivity index (χ0n) is 15.5. The highest BCUT2D eigenvalue weighted by Gasteiger charge is 2.57. The molecule has 0 radical (unpaired) electrons. The van der Waals surface area contributed by atoms with Crippen molar-refractivity contribution in [2.75, 3.05) is 6.61 Å². The predicted octanol–water partition coefficient (Wildman–Crippen LogP) is 4.83. The molecule has 0 spiro atoms. The van der Waals surface area contributed by atoms with E-state index < -0.39 is 0 Å². The van der Waals surface area contributed by atoms with Crippen molar-refractivity contribution in [2.24, 2.45) is 28.6 Å². The van der Waals surface area contributed by atoms with Gasteiger partial charge in [0, 0.05) is 6.42 Å². The van der Waals surface area contributed by atoms with E-state index in [0.717, 1.165) is 42.6 Å². The summed E-state index contributed by atoms with van der Waals surface area (Å²) in [7, 11) is 0. The highest BCUT2D eigenvalue weighted by Crippen LogP contribution is 2.66. The summed E-state index contributed by atoms with van der Waals surface area (Å²) in [6, 6.07) is 0. The summed E-state index contributed by atoms with van der Waals surface area (Å²) in [4.78, 5) is 12.2. The molecule has 3 saturated carbocycles. The van der Waals surface area contributed by atoms with Gasteiger partial charge in [0.2, 0.25) is 0 Å². The molecule has 4 aliphatic carbocycles. The smallest absolute Gasteiger partial charge is 0.158 e. The summed E-state index contributed by atoms with van der Waals surface area (Å²) < 4.78 is 0. The third-order valence-electron chi connectivity index (χ3n) is 8.60. The van der Waals surface area contributed by atoms with Gasteiger partial charge in [-0.1, -0.05) is 31.1 Å². The summed E-state index contributed by atoms with van der Waals surface area (Å²) >= 11 is 0. The van der Waals surface area contributed by atoms with Crippen LogP contribution in [0.2, 0.25) is 0 Å². The first-order valence-corrected chi connectivity index (χ1v) is 9.95. The van der Waals surface area contributed by atoms with Crippen molar-refractivity contribution in [1.82, 2.24) is 0 Å². The summed E-state index contributed by atoms with van der Waals surface area (Å²) in [6.07, 6.45) is 11.4. The Labute approximate surface area is 146 Å². The molecule has 4 aliphatic rings. The van der Waals surface area contributed by atoms with Gasteiger partial charge in [0.25, 0.3) is 0 Å². The summed E-state index contributed by atoms with van der Waals surface area (Å²) in [5, 5.41) is 9.40. The number of aliphatic hydroxyl groups is 1. The Morgan fingerprint density at radius 1 is 1.04 bits per heavy atom. The Morgan fingerprint density at radius 3 is 2.54 bits per heavy atom. The molecule has 1 N–H and O–H groups in total. The molecular weight excluding hydrogens is 296 g/mol. The van der Waals surface area contributed by atoms with Crippen molar-refractivity contribution >= 4 is 5.78 Å². The van der Waals surface area contributed by atoms with E-state index >= 15 is 0 Å². The number of Topliss-reactive ketones (excluding diaryl/α,β-unsaturated/α-hetero) is 1. The fourth-order valence-corrected chi connectivity index (χ4v) is 7.28. The summed E-state index contributed by atoms with van der Waals surface area (Å²) in [6.45, 7) is 7.21. The molecule has 4 rings (SSSR count). The molecule has 0 aromatic carbocycles. The number of hydrogen-bond acceptors (Lipinski definition) is 2. The minimum Gasteiger partial charge on any atom is -0.392 e. The van der Waals surface area contributed by atoms with Crippen LogP contribution < -0.4 is 0 Å². The van der Waals surface area contributed by atoms with Crippen molar-refractivity contribution < 1.29 is 9.90 Å². The maximum Gasteiger partial charge on any atom is 0.158 e. The number of allylic oxidation sites excluding steroid dienone is 2. The lowest BCUT2D eigenvalue weighted by atomic mass is 9.46. The first kappa shape index (κ1) is 16.6. The Hall–Kier alpha value is -0.890. The predicted molar refractivity (Wildman–Crippen MR) is 96.5 cm³/mol. The minimum atomic E-state index is 0.192. The quantitative estimate of drug-likeness (QED) is 0.700. The third kappa shape index (κ3) is 2.08. The van der Waals surface area contributed by atoms with E-state index in [1.54, 1.807) is 0 Å². The molecule has 5 atom stereocenters. The van der Waals surface area contributed by atoms with Crippen LogP contribution in [0.25, 0.3) is 0 Å². The van der Waals surface area contributed by atoms with Crippen LogP contribution in [0.1, 0.15) is 72.1 Å². The molecule has 2 heteroatoms. The molecule has 0 heterocycles. The molecule has 0 amide bonds. The third-order valence-corrected chi connectivity index (χ3v) is 8.60. The normalized spacial score (nSPS) is 46.8. The molecule has 3 fully saturated rings. The van der Waals surface area contributed by atoms with Crippen molar-refractivity contribution in [3.8, 4) is 0 Å². The molecule has 24 heavy (non-hydrogen) atoms. The lowest BCUT2D eigenvalue weighted by molar-refractivity contribution is -0.118. The zero-order chi connectivity index (χ0) is 17.1. The van der Waals surface area contributed by atoms with Gasteiger partial charge in [-0.15, -0.1) is 0 Å². The number of aliphatic hydroxyl groups excluding tert-OH is 1. The lowest BCUT2D eigenvalue weighted by Crippen LogP contribution is -2.50. The van der Waals surface area contributed by atoms with Crippen LogP contribution in [0.5, 0.6) is 0 Å². The molecule has 0 aromatic rings. The maximum absolute atomic E-state index is 12.2. The monoisotopic (exact) mass is 328 g/mol. The first-order valence-electron chi connectivity index (χ1n) is 9.95. The van der Waals surface area contributed by atoms with Crippen LogP contribution in [0.15, 0.2) is 22.8 Å². The minimum absolute atomic E-state index is 0.192. The van der Waals surface area contributed by atoms with E-state index in [0.29, 0.717) is 11.2 Å². The Balaban J connectivity index is 1.70. The standard InChI is InChI=1S/C22H32O2/c1-14-17-7-5-16-18-6-4-15(10-13-23)21(18,2)11-8-19(16)22(17,3)12-9-20(14)24/h10,16,18-19,23H,4-9,11-13H2,1-3H3/t16-,18-,19-,21+,22-/m0/s1. The average molecular weight is 328 g/mol. The maximum atomic E-state index is 12.2.